The Hall–Kier alpha value is -1.39. The Kier molecular flexibility index (Phi) is 3.69. The highest BCUT2D eigenvalue weighted by atomic mass is 16.5. The lowest BCUT2D eigenvalue weighted by Gasteiger charge is -2.48. The van der Waals surface area contributed by atoms with Crippen LogP contribution in [0.15, 0.2) is 30.3 Å². The number of likely N-dealkylation sites (tertiary alicyclic amines) is 1. The van der Waals surface area contributed by atoms with Crippen LogP contribution in [-0.4, -0.2) is 49.8 Å². The van der Waals surface area contributed by atoms with E-state index in [2.05, 4.69) is 12.1 Å². The Morgan fingerprint density at radius 1 is 1.30 bits per heavy atom. The molecule has 1 aromatic rings. The average molecular weight is 315 g/mol. The van der Waals surface area contributed by atoms with Crippen molar-refractivity contribution < 1.29 is 14.3 Å². The molecule has 1 amide bonds. The van der Waals surface area contributed by atoms with Crippen molar-refractivity contribution in [1.29, 1.82) is 0 Å². The standard InChI is InChI=1S/C19H25NO3/c1-22-10-7-15-11-18(23-12-15)13-20(14-18)17(21)19(8-9-19)16-5-3-2-4-6-16/h2-6,15H,7-14H2,1H3. The number of nitrogens with zero attached hydrogens (tertiary/aromatic N) is 1. The molecule has 2 aliphatic heterocycles. The molecule has 0 radical (unpaired) electrons. The fraction of sp³-hybridized carbons (Fsp3) is 0.632. The SMILES string of the molecule is COCCC1COC2(C1)CN(C(=O)C1(c3ccccc3)CC1)C2. The minimum atomic E-state index is -0.239. The van der Waals surface area contributed by atoms with Crippen molar-refractivity contribution in [2.75, 3.05) is 33.4 Å². The van der Waals surface area contributed by atoms with E-state index < -0.39 is 0 Å². The number of hydrogen-bond donors (Lipinski definition) is 0. The van der Waals surface area contributed by atoms with E-state index in [0.717, 1.165) is 52.0 Å². The molecular weight excluding hydrogens is 290 g/mol. The number of ether oxygens (including phenoxy) is 2. The second kappa shape index (κ2) is 5.60. The third-order valence-corrected chi connectivity index (χ3v) is 5.75. The molecule has 1 aliphatic carbocycles. The summed E-state index contributed by atoms with van der Waals surface area (Å²) in [7, 11) is 1.74. The van der Waals surface area contributed by atoms with Gasteiger partial charge in [-0.05, 0) is 37.2 Å². The number of rotatable bonds is 5. The molecule has 0 aromatic heterocycles. The fourth-order valence-corrected chi connectivity index (χ4v) is 4.23. The van der Waals surface area contributed by atoms with E-state index in [1.54, 1.807) is 7.11 Å². The molecule has 2 heterocycles. The number of amides is 1. The van der Waals surface area contributed by atoms with Crippen LogP contribution in [-0.2, 0) is 19.7 Å². The van der Waals surface area contributed by atoms with Gasteiger partial charge in [0.1, 0.15) is 5.60 Å². The summed E-state index contributed by atoms with van der Waals surface area (Å²) in [6.45, 7) is 3.15. The van der Waals surface area contributed by atoms with Crippen LogP contribution < -0.4 is 0 Å². The monoisotopic (exact) mass is 315 g/mol. The number of methoxy groups -OCH3 is 1. The topological polar surface area (TPSA) is 38.8 Å². The number of hydrogen-bond acceptors (Lipinski definition) is 3. The van der Waals surface area contributed by atoms with Crippen LogP contribution >= 0.6 is 0 Å². The summed E-state index contributed by atoms with van der Waals surface area (Å²) in [5.74, 6) is 0.884. The van der Waals surface area contributed by atoms with E-state index >= 15 is 0 Å². The van der Waals surface area contributed by atoms with Crippen LogP contribution in [0.4, 0.5) is 0 Å². The van der Waals surface area contributed by atoms with Gasteiger partial charge in [-0.15, -0.1) is 0 Å². The van der Waals surface area contributed by atoms with Crippen molar-refractivity contribution in [2.45, 2.75) is 36.7 Å². The molecule has 1 unspecified atom stereocenters. The molecule has 0 N–H and O–H groups in total. The Morgan fingerprint density at radius 3 is 2.70 bits per heavy atom. The Morgan fingerprint density at radius 2 is 2.04 bits per heavy atom. The van der Waals surface area contributed by atoms with Crippen LogP contribution in [0.3, 0.4) is 0 Å². The lowest BCUT2D eigenvalue weighted by Crippen LogP contribution is -2.64. The Bertz CT molecular complexity index is 576. The molecule has 4 heteroatoms. The summed E-state index contributed by atoms with van der Waals surface area (Å²) in [5.41, 5.74) is 0.869. The van der Waals surface area contributed by atoms with Crippen molar-refractivity contribution in [1.82, 2.24) is 4.90 Å². The van der Waals surface area contributed by atoms with Gasteiger partial charge in [0.05, 0.1) is 25.1 Å². The van der Waals surface area contributed by atoms with Crippen LogP contribution in [0.1, 0.15) is 31.2 Å². The second-order valence-electron chi connectivity index (χ2n) is 7.45. The third-order valence-electron chi connectivity index (χ3n) is 5.75. The summed E-state index contributed by atoms with van der Waals surface area (Å²) < 4.78 is 11.2. The zero-order chi connectivity index (χ0) is 15.9. The fourth-order valence-electron chi connectivity index (χ4n) is 4.23. The van der Waals surface area contributed by atoms with Gasteiger partial charge in [-0.1, -0.05) is 30.3 Å². The molecular formula is C19H25NO3. The van der Waals surface area contributed by atoms with Crippen LogP contribution in [0.2, 0.25) is 0 Å². The summed E-state index contributed by atoms with van der Waals surface area (Å²) in [5, 5.41) is 0. The second-order valence-corrected chi connectivity index (χ2v) is 7.45. The Balaban J connectivity index is 1.36. The highest BCUT2D eigenvalue weighted by molar-refractivity contribution is 5.92. The molecule has 124 valence electrons. The maximum atomic E-state index is 13.0. The van der Waals surface area contributed by atoms with E-state index in [1.165, 1.54) is 5.56 Å². The van der Waals surface area contributed by atoms with Gasteiger partial charge in [-0.25, -0.2) is 0 Å². The number of benzene rings is 1. The third kappa shape index (κ3) is 2.58. The summed E-state index contributed by atoms with van der Waals surface area (Å²) in [6.07, 6.45) is 4.09. The van der Waals surface area contributed by atoms with Crippen molar-refractivity contribution >= 4 is 5.91 Å². The normalized spacial score (nSPS) is 27.0. The summed E-state index contributed by atoms with van der Waals surface area (Å²) in [4.78, 5) is 15.0. The van der Waals surface area contributed by atoms with Crippen LogP contribution in [0.25, 0.3) is 0 Å². The zero-order valence-corrected chi connectivity index (χ0v) is 13.8. The number of carbonyl (C=O) groups excluding carboxylic acids is 1. The van der Waals surface area contributed by atoms with Gasteiger partial charge in [-0.2, -0.15) is 0 Å². The molecule has 4 rings (SSSR count). The van der Waals surface area contributed by atoms with E-state index in [1.807, 2.05) is 23.1 Å². The minimum absolute atomic E-state index is 0.0686. The zero-order valence-electron chi connectivity index (χ0n) is 13.8. The first-order valence-electron chi connectivity index (χ1n) is 8.65. The molecule has 1 spiro atoms. The summed E-state index contributed by atoms with van der Waals surface area (Å²) >= 11 is 0. The lowest BCUT2D eigenvalue weighted by molar-refractivity contribution is -0.160. The molecule has 1 aromatic carbocycles. The van der Waals surface area contributed by atoms with Gasteiger partial charge in [0.2, 0.25) is 5.91 Å². The molecule has 1 atom stereocenters. The van der Waals surface area contributed by atoms with Gasteiger partial charge in [0, 0.05) is 13.7 Å². The molecule has 3 aliphatic rings. The van der Waals surface area contributed by atoms with E-state index in [-0.39, 0.29) is 11.0 Å². The van der Waals surface area contributed by atoms with Crippen molar-refractivity contribution in [3.05, 3.63) is 35.9 Å². The Labute approximate surface area is 137 Å². The van der Waals surface area contributed by atoms with Gasteiger partial charge in [0.15, 0.2) is 0 Å². The highest BCUT2D eigenvalue weighted by Crippen LogP contribution is 2.51. The quantitative estimate of drug-likeness (QED) is 0.837. The molecule has 23 heavy (non-hydrogen) atoms. The largest absolute Gasteiger partial charge is 0.385 e. The molecule has 2 saturated heterocycles. The van der Waals surface area contributed by atoms with E-state index in [9.17, 15) is 4.79 Å². The first-order valence-corrected chi connectivity index (χ1v) is 8.65. The number of carbonyl (C=O) groups is 1. The molecule has 1 saturated carbocycles. The maximum absolute atomic E-state index is 13.0. The van der Waals surface area contributed by atoms with Crippen molar-refractivity contribution in [2.24, 2.45) is 5.92 Å². The molecule has 3 fully saturated rings. The summed E-state index contributed by atoms with van der Waals surface area (Å²) in [6, 6.07) is 10.2. The van der Waals surface area contributed by atoms with Crippen molar-refractivity contribution in [3.8, 4) is 0 Å². The first-order chi connectivity index (χ1) is 11.2. The highest BCUT2D eigenvalue weighted by Gasteiger charge is 2.58. The average Bonchev–Trinajstić information content (AvgIpc) is 3.25. The first kappa shape index (κ1) is 15.2. The lowest BCUT2D eigenvalue weighted by atomic mass is 9.84. The van der Waals surface area contributed by atoms with Gasteiger partial charge < -0.3 is 14.4 Å². The molecule has 0 bridgehead atoms. The van der Waals surface area contributed by atoms with Crippen LogP contribution in [0, 0.1) is 5.92 Å². The van der Waals surface area contributed by atoms with E-state index in [4.69, 9.17) is 9.47 Å². The minimum Gasteiger partial charge on any atom is -0.385 e. The smallest absolute Gasteiger partial charge is 0.233 e. The van der Waals surface area contributed by atoms with Gasteiger partial charge in [-0.3, -0.25) is 4.79 Å². The molecule has 4 nitrogen and oxygen atoms in total. The van der Waals surface area contributed by atoms with Crippen molar-refractivity contribution in [3.63, 3.8) is 0 Å². The van der Waals surface area contributed by atoms with Gasteiger partial charge >= 0.3 is 0 Å². The predicted molar refractivity (Wildman–Crippen MR) is 87.2 cm³/mol. The van der Waals surface area contributed by atoms with Gasteiger partial charge in [0.25, 0.3) is 0 Å². The van der Waals surface area contributed by atoms with E-state index in [0.29, 0.717) is 11.8 Å². The maximum Gasteiger partial charge on any atom is 0.233 e. The predicted octanol–water partition coefficient (Wildman–Crippen LogP) is 2.37. The van der Waals surface area contributed by atoms with Crippen LogP contribution in [0.5, 0.6) is 0 Å².